The van der Waals surface area contributed by atoms with Crippen LogP contribution in [0.5, 0.6) is 0 Å². The molecule has 0 unspecified atom stereocenters. The van der Waals surface area contributed by atoms with Crippen LogP contribution in [0, 0.1) is 0 Å². The summed E-state index contributed by atoms with van der Waals surface area (Å²) < 4.78 is 0. The molecule has 1 aromatic carbocycles. The van der Waals surface area contributed by atoms with Crippen molar-refractivity contribution in [2.75, 3.05) is 0 Å². The largest absolute Gasteiger partial charge is 0.348 e. The highest BCUT2D eigenvalue weighted by atomic mass is 16.1. The van der Waals surface area contributed by atoms with Crippen LogP contribution in [0.3, 0.4) is 0 Å². The number of nitrogens with one attached hydrogen (secondary N) is 2. The van der Waals surface area contributed by atoms with Crippen LogP contribution in [0.2, 0.25) is 0 Å². The van der Waals surface area contributed by atoms with Gasteiger partial charge < -0.3 is 5.32 Å². The Bertz CT molecular complexity index is 474. The van der Waals surface area contributed by atoms with Crippen molar-refractivity contribution in [2.45, 2.75) is 19.9 Å². The smallest absolute Gasteiger partial charge is 0.254 e. The molecule has 0 saturated carbocycles. The van der Waals surface area contributed by atoms with Gasteiger partial charge in [0.25, 0.3) is 5.91 Å². The molecule has 1 heterocycles. The lowest BCUT2D eigenvalue weighted by Gasteiger charge is -2.04. The summed E-state index contributed by atoms with van der Waals surface area (Å²) in [5.74, 6) is -0.113. The van der Waals surface area contributed by atoms with Crippen LogP contribution in [0.25, 0.3) is 0 Å². The van der Waals surface area contributed by atoms with Gasteiger partial charge in [-0.2, -0.15) is 5.10 Å². The monoisotopic (exact) mass is 229 g/mol. The Morgan fingerprint density at radius 3 is 2.59 bits per heavy atom. The molecule has 1 amide bonds. The standard InChI is InChI=1S/C13H15N3O/c1-2-10-3-5-11(6-4-10)7-14-13(17)12-8-15-16-9-12/h3-6,8-9H,2,7H2,1H3,(H,14,17)(H,15,16). The number of benzene rings is 1. The second kappa shape index (κ2) is 5.30. The van der Waals surface area contributed by atoms with E-state index in [9.17, 15) is 4.79 Å². The van der Waals surface area contributed by atoms with Crippen molar-refractivity contribution in [3.05, 3.63) is 53.3 Å². The van der Waals surface area contributed by atoms with Crippen LogP contribution in [-0.4, -0.2) is 16.1 Å². The van der Waals surface area contributed by atoms with Crippen molar-refractivity contribution >= 4 is 5.91 Å². The van der Waals surface area contributed by atoms with E-state index in [-0.39, 0.29) is 5.91 Å². The molecule has 0 radical (unpaired) electrons. The van der Waals surface area contributed by atoms with E-state index in [1.54, 1.807) is 6.20 Å². The van der Waals surface area contributed by atoms with E-state index in [0.29, 0.717) is 12.1 Å². The summed E-state index contributed by atoms with van der Waals surface area (Å²) in [6.07, 6.45) is 4.12. The molecule has 0 fully saturated rings. The highest BCUT2D eigenvalue weighted by molar-refractivity contribution is 5.93. The fourth-order valence-corrected chi connectivity index (χ4v) is 1.55. The average Bonchev–Trinajstić information content (AvgIpc) is 2.90. The third kappa shape index (κ3) is 2.93. The molecule has 0 spiro atoms. The van der Waals surface area contributed by atoms with Gasteiger partial charge in [0.2, 0.25) is 0 Å². The molecule has 0 saturated heterocycles. The lowest BCUT2D eigenvalue weighted by Crippen LogP contribution is -2.22. The molecule has 4 heteroatoms. The zero-order valence-electron chi connectivity index (χ0n) is 9.73. The van der Waals surface area contributed by atoms with Gasteiger partial charge in [0.1, 0.15) is 0 Å². The summed E-state index contributed by atoms with van der Waals surface area (Å²) in [5, 5.41) is 9.19. The maximum Gasteiger partial charge on any atom is 0.254 e. The number of rotatable bonds is 4. The summed E-state index contributed by atoms with van der Waals surface area (Å²) >= 11 is 0. The lowest BCUT2D eigenvalue weighted by atomic mass is 10.1. The third-order valence-corrected chi connectivity index (χ3v) is 2.64. The van der Waals surface area contributed by atoms with E-state index in [2.05, 4.69) is 34.6 Å². The van der Waals surface area contributed by atoms with Crippen LogP contribution >= 0.6 is 0 Å². The van der Waals surface area contributed by atoms with E-state index in [0.717, 1.165) is 12.0 Å². The minimum absolute atomic E-state index is 0.113. The number of carbonyl (C=O) groups is 1. The van der Waals surface area contributed by atoms with Gasteiger partial charge in [-0.3, -0.25) is 9.89 Å². The molecule has 2 aromatic rings. The maximum absolute atomic E-state index is 11.6. The highest BCUT2D eigenvalue weighted by Gasteiger charge is 2.05. The first-order valence-electron chi connectivity index (χ1n) is 5.64. The number of H-pyrrole nitrogens is 1. The number of aromatic amines is 1. The minimum atomic E-state index is -0.113. The first kappa shape index (κ1) is 11.4. The Morgan fingerprint density at radius 1 is 1.29 bits per heavy atom. The number of aromatic nitrogens is 2. The van der Waals surface area contributed by atoms with E-state index in [1.807, 2.05) is 12.1 Å². The molecule has 1 aromatic heterocycles. The van der Waals surface area contributed by atoms with Gasteiger partial charge in [-0.15, -0.1) is 0 Å². The first-order valence-corrected chi connectivity index (χ1v) is 5.64. The Kier molecular flexibility index (Phi) is 3.55. The van der Waals surface area contributed by atoms with E-state index < -0.39 is 0 Å². The van der Waals surface area contributed by atoms with Gasteiger partial charge in [0, 0.05) is 12.7 Å². The van der Waals surface area contributed by atoms with Crippen LogP contribution < -0.4 is 5.32 Å². The Hall–Kier alpha value is -2.10. The van der Waals surface area contributed by atoms with Gasteiger partial charge in [-0.25, -0.2) is 0 Å². The zero-order chi connectivity index (χ0) is 12.1. The quantitative estimate of drug-likeness (QED) is 0.841. The van der Waals surface area contributed by atoms with Crippen LogP contribution in [-0.2, 0) is 13.0 Å². The molecule has 2 rings (SSSR count). The van der Waals surface area contributed by atoms with Gasteiger partial charge in [-0.1, -0.05) is 31.2 Å². The van der Waals surface area contributed by atoms with Crippen molar-refractivity contribution in [3.8, 4) is 0 Å². The van der Waals surface area contributed by atoms with Crippen molar-refractivity contribution in [1.82, 2.24) is 15.5 Å². The highest BCUT2D eigenvalue weighted by Crippen LogP contribution is 2.05. The maximum atomic E-state index is 11.6. The van der Waals surface area contributed by atoms with E-state index in [1.165, 1.54) is 11.8 Å². The summed E-state index contributed by atoms with van der Waals surface area (Å²) in [7, 11) is 0. The summed E-state index contributed by atoms with van der Waals surface area (Å²) in [6.45, 7) is 2.66. The Balaban J connectivity index is 1.91. The molecular formula is C13H15N3O. The second-order valence-electron chi connectivity index (χ2n) is 3.84. The van der Waals surface area contributed by atoms with Crippen molar-refractivity contribution in [3.63, 3.8) is 0 Å². The second-order valence-corrected chi connectivity index (χ2v) is 3.84. The van der Waals surface area contributed by atoms with Crippen molar-refractivity contribution in [1.29, 1.82) is 0 Å². The molecule has 4 nitrogen and oxygen atoms in total. The number of hydrogen-bond acceptors (Lipinski definition) is 2. The topological polar surface area (TPSA) is 57.8 Å². The van der Waals surface area contributed by atoms with Crippen LogP contribution in [0.15, 0.2) is 36.7 Å². The summed E-state index contributed by atoms with van der Waals surface area (Å²) in [6, 6.07) is 8.24. The number of carbonyl (C=O) groups excluding carboxylic acids is 1. The average molecular weight is 229 g/mol. The van der Waals surface area contributed by atoms with Crippen molar-refractivity contribution < 1.29 is 4.79 Å². The summed E-state index contributed by atoms with van der Waals surface area (Å²) in [4.78, 5) is 11.6. The van der Waals surface area contributed by atoms with Crippen LogP contribution in [0.1, 0.15) is 28.4 Å². The normalized spacial score (nSPS) is 10.2. The first-order chi connectivity index (χ1) is 8.29. The van der Waals surface area contributed by atoms with E-state index >= 15 is 0 Å². The molecule has 0 aliphatic carbocycles. The number of amides is 1. The molecule has 0 bridgehead atoms. The molecule has 0 atom stereocenters. The Labute approximate surface area is 100 Å². The summed E-state index contributed by atoms with van der Waals surface area (Å²) in [5.41, 5.74) is 2.95. The number of aryl methyl sites for hydroxylation is 1. The van der Waals surface area contributed by atoms with E-state index in [4.69, 9.17) is 0 Å². The van der Waals surface area contributed by atoms with Gasteiger partial charge in [0.05, 0.1) is 11.8 Å². The van der Waals surface area contributed by atoms with Gasteiger partial charge >= 0.3 is 0 Å². The zero-order valence-corrected chi connectivity index (χ0v) is 9.73. The predicted octanol–water partition coefficient (Wildman–Crippen LogP) is 1.90. The Morgan fingerprint density at radius 2 is 2.00 bits per heavy atom. The fourth-order valence-electron chi connectivity index (χ4n) is 1.55. The molecule has 0 aliphatic heterocycles. The molecule has 2 N–H and O–H groups in total. The molecule has 88 valence electrons. The minimum Gasteiger partial charge on any atom is -0.348 e. The van der Waals surface area contributed by atoms with Gasteiger partial charge in [-0.05, 0) is 17.5 Å². The van der Waals surface area contributed by atoms with Crippen LogP contribution in [0.4, 0.5) is 0 Å². The third-order valence-electron chi connectivity index (χ3n) is 2.64. The lowest BCUT2D eigenvalue weighted by molar-refractivity contribution is 0.0951. The molecule has 0 aliphatic rings. The van der Waals surface area contributed by atoms with Crippen molar-refractivity contribution in [2.24, 2.45) is 0 Å². The number of hydrogen-bond donors (Lipinski definition) is 2. The van der Waals surface area contributed by atoms with Gasteiger partial charge in [0.15, 0.2) is 0 Å². The molecule has 17 heavy (non-hydrogen) atoms. The fraction of sp³-hybridized carbons (Fsp3) is 0.231. The predicted molar refractivity (Wildman–Crippen MR) is 65.6 cm³/mol. The molecular weight excluding hydrogens is 214 g/mol. The number of nitrogens with zero attached hydrogens (tertiary/aromatic N) is 1. The SMILES string of the molecule is CCc1ccc(CNC(=O)c2cn[nH]c2)cc1.